The number of methoxy groups -OCH3 is 1. The Morgan fingerprint density at radius 3 is 2.72 bits per heavy atom. The van der Waals surface area contributed by atoms with Crippen LogP contribution in [0.25, 0.3) is 10.8 Å². The van der Waals surface area contributed by atoms with Crippen LogP contribution in [0.5, 0.6) is 11.5 Å². The van der Waals surface area contributed by atoms with Crippen molar-refractivity contribution >= 4 is 44.2 Å². The third kappa shape index (κ3) is 4.42. The summed E-state index contributed by atoms with van der Waals surface area (Å²) in [5.74, 6) is 0.573. The minimum atomic E-state index is -0.946. The van der Waals surface area contributed by atoms with Gasteiger partial charge in [0.15, 0.2) is 0 Å². The van der Waals surface area contributed by atoms with Gasteiger partial charge in [-0.25, -0.2) is 0 Å². The number of nitrogens with zero attached hydrogens (tertiary/aromatic N) is 1. The van der Waals surface area contributed by atoms with Crippen molar-refractivity contribution in [2.45, 2.75) is 31.0 Å². The zero-order valence-electron chi connectivity index (χ0n) is 20.0. The van der Waals surface area contributed by atoms with Gasteiger partial charge in [-0.1, -0.05) is 40.2 Å². The van der Waals surface area contributed by atoms with Crippen LogP contribution in [0.1, 0.15) is 18.4 Å². The number of carbonyl (C=O) groups is 2. The molecule has 1 fully saturated rings. The van der Waals surface area contributed by atoms with E-state index < -0.39 is 17.6 Å². The van der Waals surface area contributed by atoms with Crippen molar-refractivity contribution in [1.29, 1.82) is 0 Å². The predicted octanol–water partition coefficient (Wildman–Crippen LogP) is 3.53. The van der Waals surface area contributed by atoms with Crippen molar-refractivity contribution in [2.24, 2.45) is 5.73 Å². The lowest BCUT2D eigenvalue weighted by Gasteiger charge is -2.41. The average Bonchev–Trinajstić information content (AvgIpc) is 2.98. The van der Waals surface area contributed by atoms with Crippen LogP contribution in [0.15, 0.2) is 59.1 Å². The fraction of sp³-hybridized carbons (Fsp3) is 0.333. The molecule has 36 heavy (non-hydrogen) atoms. The lowest BCUT2D eigenvalue weighted by molar-refractivity contribution is -0.136. The van der Waals surface area contributed by atoms with E-state index >= 15 is 0 Å². The molecule has 2 amide bonds. The summed E-state index contributed by atoms with van der Waals surface area (Å²) in [6.45, 7) is 0.852. The predicted molar refractivity (Wildman–Crippen MR) is 140 cm³/mol. The van der Waals surface area contributed by atoms with Gasteiger partial charge in [-0.15, -0.1) is 0 Å². The van der Waals surface area contributed by atoms with E-state index in [0.29, 0.717) is 43.2 Å². The number of para-hydroxylation sites is 2. The Morgan fingerprint density at radius 2 is 1.97 bits per heavy atom. The standard InChI is InChI=1S/C27H28BrN3O5/c1-34-22-9-6-17-14-18(28)7-8-19(17)20(22)16-31-21-4-2-3-5-23(21)36-27(10-12-35-13-11-27)25(26(31)33)30-24(32)15-29/h2-9,14,25H,10-13,15-16,29H2,1H3,(H,30,32). The molecule has 3 aromatic carbocycles. The molecule has 9 heteroatoms. The highest BCUT2D eigenvalue weighted by atomic mass is 79.9. The summed E-state index contributed by atoms with van der Waals surface area (Å²) in [6, 6.07) is 16.4. The molecule has 0 aromatic heterocycles. The number of halogens is 1. The van der Waals surface area contributed by atoms with E-state index in [1.165, 1.54) is 0 Å². The molecule has 0 radical (unpaired) electrons. The quantitative estimate of drug-likeness (QED) is 0.501. The molecule has 1 atom stereocenters. The summed E-state index contributed by atoms with van der Waals surface area (Å²) in [5, 5.41) is 4.85. The monoisotopic (exact) mass is 553 g/mol. The molecule has 2 aliphatic heterocycles. The molecular formula is C27H28BrN3O5. The van der Waals surface area contributed by atoms with Gasteiger partial charge in [-0.2, -0.15) is 0 Å². The molecule has 3 N–H and O–H groups in total. The highest BCUT2D eigenvalue weighted by molar-refractivity contribution is 9.10. The Kier molecular flexibility index (Phi) is 6.87. The van der Waals surface area contributed by atoms with E-state index in [1.54, 1.807) is 12.0 Å². The van der Waals surface area contributed by atoms with Gasteiger partial charge in [0.2, 0.25) is 5.91 Å². The van der Waals surface area contributed by atoms with E-state index in [4.69, 9.17) is 19.9 Å². The van der Waals surface area contributed by atoms with Gasteiger partial charge in [0.25, 0.3) is 5.91 Å². The van der Waals surface area contributed by atoms with Crippen LogP contribution in [0, 0.1) is 0 Å². The minimum Gasteiger partial charge on any atom is -0.496 e. The number of nitrogens with two attached hydrogens (primary N) is 1. The molecule has 1 saturated heterocycles. The lowest BCUT2D eigenvalue weighted by Crippen LogP contribution is -2.64. The lowest BCUT2D eigenvalue weighted by atomic mass is 9.85. The number of hydrogen-bond donors (Lipinski definition) is 2. The van der Waals surface area contributed by atoms with E-state index in [-0.39, 0.29) is 19.0 Å². The van der Waals surface area contributed by atoms with E-state index in [2.05, 4.69) is 21.2 Å². The summed E-state index contributed by atoms with van der Waals surface area (Å²) in [6.07, 6.45) is 0.921. The van der Waals surface area contributed by atoms with Crippen molar-refractivity contribution < 1.29 is 23.8 Å². The number of benzene rings is 3. The largest absolute Gasteiger partial charge is 0.496 e. The highest BCUT2D eigenvalue weighted by Crippen LogP contribution is 2.42. The number of fused-ring (bicyclic) bond motifs is 2. The molecule has 0 saturated carbocycles. The summed E-state index contributed by atoms with van der Waals surface area (Å²) in [4.78, 5) is 28.5. The second kappa shape index (κ2) is 10.1. The molecule has 1 spiro atoms. The van der Waals surface area contributed by atoms with Crippen LogP contribution in [0.3, 0.4) is 0 Å². The SMILES string of the molecule is COc1ccc2cc(Br)ccc2c1CN1C(=O)C(NC(=O)CN)C2(CCOCC2)Oc2ccccc21. The molecule has 0 bridgehead atoms. The molecule has 188 valence electrons. The maximum atomic E-state index is 14.3. The van der Waals surface area contributed by atoms with Crippen LogP contribution < -0.4 is 25.4 Å². The Balaban J connectivity index is 1.66. The van der Waals surface area contributed by atoms with Gasteiger partial charge < -0.3 is 30.2 Å². The number of nitrogens with one attached hydrogen (secondary N) is 1. The van der Waals surface area contributed by atoms with E-state index in [9.17, 15) is 9.59 Å². The van der Waals surface area contributed by atoms with Crippen molar-refractivity contribution in [1.82, 2.24) is 5.32 Å². The van der Waals surface area contributed by atoms with E-state index in [1.807, 2.05) is 54.6 Å². The Morgan fingerprint density at radius 1 is 1.19 bits per heavy atom. The molecule has 3 aromatic rings. The number of hydrogen-bond acceptors (Lipinski definition) is 6. The number of carbonyl (C=O) groups excluding carboxylic acids is 2. The first kappa shape index (κ1) is 24.5. The fourth-order valence-corrected chi connectivity index (χ4v) is 5.46. The normalized spacial score (nSPS) is 18.9. The van der Waals surface area contributed by atoms with Crippen molar-refractivity contribution in [3.63, 3.8) is 0 Å². The number of rotatable bonds is 5. The molecule has 5 rings (SSSR count). The van der Waals surface area contributed by atoms with Gasteiger partial charge in [0.05, 0.1) is 39.1 Å². The first-order chi connectivity index (χ1) is 17.5. The minimum absolute atomic E-state index is 0.225. The molecule has 1 unspecified atom stereocenters. The third-order valence-corrected chi connectivity index (χ3v) is 7.42. The zero-order chi connectivity index (χ0) is 25.3. The number of anilines is 1. The van der Waals surface area contributed by atoms with Gasteiger partial charge >= 0.3 is 0 Å². The molecule has 2 aliphatic rings. The average molecular weight is 554 g/mol. The number of ether oxygens (including phenoxy) is 3. The summed E-state index contributed by atoms with van der Waals surface area (Å²) < 4.78 is 18.9. The second-order valence-corrected chi connectivity index (χ2v) is 9.90. The maximum Gasteiger partial charge on any atom is 0.254 e. The van der Waals surface area contributed by atoms with E-state index in [0.717, 1.165) is 20.8 Å². The van der Waals surface area contributed by atoms with Crippen LogP contribution in [0.2, 0.25) is 0 Å². The fourth-order valence-electron chi connectivity index (χ4n) is 5.09. The van der Waals surface area contributed by atoms with Gasteiger partial charge in [0.1, 0.15) is 23.1 Å². The van der Waals surface area contributed by atoms with Gasteiger partial charge in [-0.3, -0.25) is 9.59 Å². The van der Waals surface area contributed by atoms with Crippen LogP contribution in [-0.2, 0) is 20.9 Å². The smallest absolute Gasteiger partial charge is 0.254 e. The second-order valence-electron chi connectivity index (χ2n) is 8.99. The van der Waals surface area contributed by atoms with Crippen LogP contribution >= 0.6 is 15.9 Å². The summed E-state index contributed by atoms with van der Waals surface area (Å²) >= 11 is 3.54. The topological polar surface area (TPSA) is 103 Å². The van der Waals surface area contributed by atoms with Crippen molar-refractivity contribution in [2.75, 3.05) is 31.8 Å². The molecule has 8 nitrogen and oxygen atoms in total. The van der Waals surface area contributed by atoms with Gasteiger partial charge in [-0.05, 0) is 41.1 Å². The summed E-state index contributed by atoms with van der Waals surface area (Å²) in [5.41, 5.74) is 6.17. The van der Waals surface area contributed by atoms with Crippen LogP contribution in [-0.4, -0.2) is 50.3 Å². The highest BCUT2D eigenvalue weighted by Gasteiger charge is 2.51. The van der Waals surface area contributed by atoms with Crippen LogP contribution in [0.4, 0.5) is 5.69 Å². The molecular weight excluding hydrogens is 526 g/mol. The summed E-state index contributed by atoms with van der Waals surface area (Å²) in [7, 11) is 1.62. The molecule has 2 heterocycles. The van der Waals surface area contributed by atoms with Crippen molar-refractivity contribution in [3.8, 4) is 11.5 Å². The Bertz CT molecular complexity index is 1310. The Hall–Kier alpha value is -3.14. The molecule has 0 aliphatic carbocycles. The van der Waals surface area contributed by atoms with Gasteiger partial charge in [0, 0.05) is 22.9 Å². The third-order valence-electron chi connectivity index (χ3n) is 6.92. The zero-order valence-corrected chi connectivity index (χ0v) is 21.5. The first-order valence-corrected chi connectivity index (χ1v) is 12.7. The first-order valence-electron chi connectivity index (χ1n) is 11.9. The Labute approximate surface area is 217 Å². The maximum absolute atomic E-state index is 14.3. The van der Waals surface area contributed by atoms with Crippen molar-refractivity contribution in [3.05, 3.63) is 64.6 Å². The number of amides is 2.